The second kappa shape index (κ2) is 12.7. The molecule has 0 bridgehead atoms. The molecule has 1 atom stereocenters. The van der Waals surface area contributed by atoms with Crippen molar-refractivity contribution < 1.29 is 9.47 Å². The van der Waals surface area contributed by atoms with Crippen molar-refractivity contribution in [2.24, 2.45) is 0 Å². The Morgan fingerprint density at radius 3 is 2.09 bits per heavy atom. The van der Waals surface area contributed by atoms with Crippen LogP contribution in [0.3, 0.4) is 0 Å². The minimum atomic E-state index is -0.967. The maximum absolute atomic E-state index is 7.09. The fourth-order valence-corrected chi connectivity index (χ4v) is 8.40. The van der Waals surface area contributed by atoms with Gasteiger partial charge in [-0.25, -0.2) is 0 Å². The van der Waals surface area contributed by atoms with Gasteiger partial charge in [0.05, 0.1) is 5.02 Å². The monoisotopic (exact) mass is 659 g/mol. The first kappa shape index (κ1) is 32.7. The molecule has 46 heavy (non-hydrogen) atoms. The van der Waals surface area contributed by atoms with E-state index in [9.17, 15) is 0 Å². The van der Waals surface area contributed by atoms with Crippen LogP contribution in [0.1, 0.15) is 91.0 Å². The fraction of sp³-hybridized carbons (Fsp3) is 0.436. The molecule has 244 valence electrons. The molecule has 0 radical (unpaired) electrons. The van der Waals surface area contributed by atoms with Crippen LogP contribution in [-0.2, 0) is 23.2 Å². The Labute approximate surface area is 285 Å². The summed E-state index contributed by atoms with van der Waals surface area (Å²) in [6, 6.07) is 9.12. The number of aryl methyl sites for hydroxylation is 2. The van der Waals surface area contributed by atoms with E-state index in [-0.39, 0.29) is 0 Å². The standard InChI is InChI=1S/C37H41Cl2N3O2.C2H6/c1-7-41-14-9-12-25-17-27-31(19-29(25)41)43-32-20-30-26(13-10-16-42(30)15-8-11-21(2)40-6)18-28(32)37(27)34-22(3)35(38)23(4)36(39)33(34)24(5)44-37;1-2/h17-20,40H,2,5,7-16H2,1,3-4,6H3;1-2H3. The van der Waals surface area contributed by atoms with E-state index >= 15 is 0 Å². The zero-order valence-electron chi connectivity index (χ0n) is 28.3. The van der Waals surface area contributed by atoms with Crippen LogP contribution in [0.15, 0.2) is 43.1 Å². The van der Waals surface area contributed by atoms with E-state index < -0.39 is 5.60 Å². The van der Waals surface area contributed by atoms with Gasteiger partial charge in [-0.1, -0.05) is 50.2 Å². The number of nitrogens with one attached hydrogen (secondary N) is 1. The lowest BCUT2D eigenvalue weighted by atomic mass is 9.74. The second-order valence-electron chi connectivity index (χ2n) is 12.6. The zero-order chi connectivity index (χ0) is 32.9. The Bertz CT molecular complexity index is 1730. The minimum absolute atomic E-state index is 0.573. The van der Waals surface area contributed by atoms with E-state index in [0.29, 0.717) is 15.8 Å². The molecule has 0 saturated heterocycles. The number of benzene rings is 3. The van der Waals surface area contributed by atoms with Crippen molar-refractivity contribution >= 4 is 40.3 Å². The molecule has 1 unspecified atom stereocenters. The summed E-state index contributed by atoms with van der Waals surface area (Å²) in [6.07, 6.45) is 6.23. The lowest BCUT2D eigenvalue weighted by molar-refractivity contribution is 0.125. The molecule has 0 fully saturated rings. The molecule has 4 aliphatic heterocycles. The number of anilines is 2. The van der Waals surface area contributed by atoms with Crippen molar-refractivity contribution in [3.63, 3.8) is 0 Å². The van der Waals surface area contributed by atoms with Gasteiger partial charge < -0.3 is 24.6 Å². The van der Waals surface area contributed by atoms with Crippen molar-refractivity contribution in [3.05, 3.63) is 97.7 Å². The predicted octanol–water partition coefficient (Wildman–Crippen LogP) is 10.1. The maximum Gasteiger partial charge on any atom is 0.192 e. The predicted molar refractivity (Wildman–Crippen MR) is 194 cm³/mol. The Kier molecular flexibility index (Phi) is 9.04. The number of allylic oxidation sites excluding steroid dienone is 1. The van der Waals surface area contributed by atoms with E-state index in [1.54, 1.807) is 0 Å². The smallest absolute Gasteiger partial charge is 0.192 e. The zero-order valence-corrected chi connectivity index (χ0v) is 29.8. The summed E-state index contributed by atoms with van der Waals surface area (Å²) < 4.78 is 14.0. The van der Waals surface area contributed by atoms with Gasteiger partial charge >= 0.3 is 0 Å². The normalized spacial score (nSPS) is 18.7. The van der Waals surface area contributed by atoms with Gasteiger partial charge in [0, 0.05) is 89.7 Å². The molecule has 5 nitrogen and oxygen atoms in total. The molecule has 0 amide bonds. The quantitative estimate of drug-likeness (QED) is 0.285. The van der Waals surface area contributed by atoms with E-state index in [1.807, 2.05) is 27.8 Å². The molecular weight excluding hydrogens is 613 g/mol. The fourth-order valence-electron chi connectivity index (χ4n) is 7.87. The summed E-state index contributed by atoms with van der Waals surface area (Å²) in [5, 5.41) is 4.46. The maximum atomic E-state index is 7.09. The van der Waals surface area contributed by atoms with Crippen LogP contribution in [0, 0.1) is 13.8 Å². The van der Waals surface area contributed by atoms with Crippen molar-refractivity contribution in [1.29, 1.82) is 0 Å². The molecule has 4 aliphatic rings. The number of halogens is 2. The SMILES string of the molecule is C=C(CCCN1CCCc2cc3c(cc21)Oc1cc2c(cc1C31OC(=C)c3c(Cl)c(C)c(Cl)c(C)c31)CCCN2CC)NC.CC. The first-order valence-electron chi connectivity index (χ1n) is 16.9. The summed E-state index contributed by atoms with van der Waals surface area (Å²) >= 11 is 14.1. The van der Waals surface area contributed by atoms with Crippen LogP contribution in [0.5, 0.6) is 11.5 Å². The Morgan fingerprint density at radius 2 is 1.50 bits per heavy atom. The summed E-state index contributed by atoms with van der Waals surface area (Å²) in [7, 11) is 1.94. The highest BCUT2D eigenvalue weighted by Crippen LogP contribution is 2.63. The van der Waals surface area contributed by atoms with Crippen molar-refractivity contribution in [2.75, 3.05) is 43.0 Å². The molecular formula is C39H47Cl2N3O2. The van der Waals surface area contributed by atoms with Crippen LogP contribution < -0.4 is 19.9 Å². The lowest BCUT2D eigenvalue weighted by Crippen LogP contribution is -2.36. The molecule has 1 spiro atoms. The molecule has 3 aromatic carbocycles. The molecule has 7 rings (SSSR count). The largest absolute Gasteiger partial charge is 0.473 e. The lowest BCUT2D eigenvalue weighted by Gasteiger charge is -2.41. The Balaban J connectivity index is 0.00000182. The van der Waals surface area contributed by atoms with Crippen LogP contribution in [-0.4, -0.2) is 33.2 Å². The van der Waals surface area contributed by atoms with E-state index in [4.69, 9.17) is 32.7 Å². The van der Waals surface area contributed by atoms with Crippen molar-refractivity contribution in [1.82, 2.24) is 5.32 Å². The van der Waals surface area contributed by atoms with Gasteiger partial charge in [0.1, 0.15) is 17.3 Å². The number of nitrogens with zero attached hydrogens (tertiary/aromatic N) is 2. The third kappa shape index (κ3) is 4.97. The topological polar surface area (TPSA) is 37.0 Å². The van der Waals surface area contributed by atoms with Gasteiger partial charge in [0.2, 0.25) is 0 Å². The number of rotatable bonds is 6. The molecule has 0 aromatic heterocycles. The number of ether oxygens (including phenoxy) is 2. The second-order valence-corrected chi connectivity index (χ2v) is 13.4. The summed E-state index contributed by atoms with van der Waals surface area (Å²) in [5.41, 5.74) is 10.9. The van der Waals surface area contributed by atoms with Crippen LogP contribution in [0.25, 0.3) is 5.76 Å². The van der Waals surface area contributed by atoms with Gasteiger partial charge in [-0.3, -0.25) is 0 Å². The van der Waals surface area contributed by atoms with E-state index in [2.05, 4.69) is 66.4 Å². The first-order chi connectivity index (χ1) is 22.2. The third-order valence-corrected chi connectivity index (χ3v) is 11.2. The van der Waals surface area contributed by atoms with Gasteiger partial charge in [0.25, 0.3) is 0 Å². The molecule has 0 saturated carbocycles. The number of hydrogen-bond donors (Lipinski definition) is 1. The first-order valence-corrected chi connectivity index (χ1v) is 17.7. The average Bonchev–Trinajstić information content (AvgIpc) is 3.38. The highest BCUT2D eigenvalue weighted by molar-refractivity contribution is 6.38. The highest BCUT2D eigenvalue weighted by atomic mass is 35.5. The van der Waals surface area contributed by atoms with E-state index in [1.165, 1.54) is 22.5 Å². The van der Waals surface area contributed by atoms with Crippen LogP contribution in [0.2, 0.25) is 10.0 Å². The minimum Gasteiger partial charge on any atom is -0.473 e. The van der Waals surface area contributed by atoms with E-state index in [0.717, 1.165) is 115 Å². The molecule has 7 heteroatoms. The molecule has 3 aromatic rings. The van der Waals surface area contributed by atoms with Crippen LogP contribution >= 0.6 is 23.2 Å². The Morgan fingerprint density at radius 1 is 0.913 bits per heavy atom. The molecule has 4 heterocycles. The van der Waals surface area contributed by atoms with Gasteiger partial charge in [-0.05, 0) is 93.7 Å². The number of fused-ring (bicyclic) bond motifs is 8. The van der Waals surface area contributed by atoms with Gasteiger partial charge in [-0.15, -0.1) is 0 Å². The van der Waals surface area contributed by atoms with Gasteiger partial charge in [-0.2, -0.15) is 0 Å². The highest BCUT2D eigenvalue weighted by Gasteiger charge is 2.54. The molecule has 1 N–H and O–H groups in total. The third-order valence-electron chi connectivity index (χ3n) is 10.2. The van der Waals surface area contributed by atoms with Gasteiger partial charge in [0.15, 0.2) is 5.60 Å². The van der Waals surface area contributed by atoms with Crippen molar-refractivity contribution in [2.45, 2.75) is 78.7 Å². The summed E-state index contributed by atoms with van der Waals surface area (Å²) in [6.45, 7) is 22.8. The number of hydrogen-bond acceptors (Lipinski definition) is 5. The van der Waals surface area contributed by atoms with Crippen LogP contribution in [0.4, 0.5) is 11.4 Å². The summed E-state index contributed by atoms with van der Waals surface area (Å²) in [4.78, 5) is 4.95. The molecule has 0 aliphatic carbocycles. The Hall–Kier alpha value is -3.28. The van der Waals surface area contributed by atoms with Crippen molar-refractivity contribution in [3.8, 4) is 11.5 Å². The average molecular weight is 661 g/mol. The summed E-state index contributed by atoms with van der Waals surface area (Å²) in [5.74, 6) is 2.20.